The largest absolute Gasteiger partial charge is 0.490 e. The van der Waals surface area contributed by atoms with Gasteiger partial charge in [-0.15, -0.1) is 0 Å². The Morgan fingerprint density at radius 3 is 2.78 bits per heavy atom. The van der Waals surface area contributed by atoms with E-state index in [1.165, 1.54) is 6.92 Å². The van der Waals surface area contributed by atoms with Crippen molar-refractivity contribution in [1.82, 2.24) is 20.2 Å². The van der Waals surface area contributed by atoms with Crippen molar-refractivity contribution in [2.24, 2.45) is 0 Å². The van der Waals surface area contributed by atoms with Crippen LogP contribution in [0, 0.1) is 0 Å². The second-order valence-corrected chi connectivity index (χ2v) is 8.47. The minimum Gasteiger partial charge on any atom is -0.490 e. The van der Waals surface area contributed by atoms with E-state index >= 15 is 0 Å². The highest BCUT2D eigenvalue weighted by Gasteiger charge is 2.33. The first-order valence-electron chi connectivity index (χ1n) is 9.99. The third-order valence-electron chi connectivity index (χ3n) is 5.07. The maximum atomic E-state index is 12.5. The van der Waals surface area contributed by atoms with Gasteiger partial charge in [0.25, 0.3) is 0 Å². The van der Waals surface area contributed by atoms with E-state index in [1.807, 2.05) is 50.2 Å². The van der Waals surface area contributed by atoms with Gasteiger partial charge in [0.1, 0.15) is 12.6 Å². The number of carbonyl (C=O) groups is 1. The molecule has 1 aliphatic heterocycles. The first-order chi connectivity index (χ1) is 15.4. The van der Waals surface area contributed by atoms with Crippen molar-refractivity contribution in [2.75, 3.05) is 11.9 Å². The number of anilines is 1. The minimum atomic E-state index is -0.508. The van der Waals surface area contributed by atoms with Crippen LogP contribution in [0.25, 0.3) is 0 Å². The van der Waals surface area contributed by atoms with Crippen LogP contribution in [0.2, 0.25) is 5.02 Å². The molecule has 1 N–H and O–H groups in total. The molecule has 2 aromatic carbocycles. The van der Waals surface area contributed by atoms with Gasteiger partial charge in [0.2, 0.25) is 5.95 Å². The van der Waals surface area contributed by atoms with Crippen LogP contribution in [-0.2, 0) is 11.4 Å². The smallest absolute Gasteiger partial charge is 0.248 e. The summed E-state index contributed by atoms with van der Waals surface area (Å²) in [7, 11) is 0. The van der Waals surface area contributed by atoms with Crippen molar-refractivity contribution in [3.8, 4) is 11.5 Å². The number of nitrogens with one attached hydrogen (secondary N) is 1. The summed E-state index contributed by atoms with van der Waals surface area (Å²) in [5.74, 6) is 1.48. The molecule has 0 aliphatic carbocycles. The quantitative estimate of drug-likeness (QED) is 0.473. The second kappa shape index (κ2) is 9.30. The lowest BCUT2D eigenvalue weighted by Gasteiger charge is -2.28. The number of benzene rings is 2. The molecule has 10 heteroatoms. The van der Waals surface area contributed by atoms with E-state index in [0.29, 0.717) is 44.8 Å². The summed E-state index contributed by atoms with van der Waals surface area (Å²) in [6.07, 6.45) is 0. The molecule has 1 aliphatic rings. The van der Waals surface area contributed by atoms with Crippen LogP contribution in [-0.4, -0.2) is 32.6 Å². The number of fused-ring (bicyclic) bond motifs is 1. The highest BCUT2D eigenvalue weighted by molar-refractivity contribution is 9.10. The molecule has 0 spiro atoms. The van der Waals surface area contributed by atoms with Gasteiger partial charge < -0.3 is 14.8 Å². The van der Waals surface area contributed by atoms with Crippen molar-refractivity contribution >= 4 is 39.3 Å². The summed E-state index contributed by atoms with van der Waals surface area (Å²) in [5, 5.41) is 15.6. The van der Waals surface area contributed by atoms with Gasteiger partial charge in [-0.25, -0.2) is 0 Å². The number of Topliss-reactive ketones (excluding diaryl/α,β-unsaturated/α-hetero) is 1. The Balaban J connectivity index is 1.76. The van der Waals surface area contributed by atoms with Gasteiger partial charge in [-0.3, -0.25) is 4.79 Å². The molecule has 32 heavy (non-hydrogen) atoms. The maximum Gasteiger partial charge on any atom is 0.248 e. The molecule has 0 bridgehead atoms. The summed E-state index contributed by atoms with van der Waals surface area (Å²) in [6, 6.07) is 10.7. The zero-order valence-corrected chi connectivity index (χ0v) is 20.1. The Morgan fingerprint density at radius 2 is 2.06 bits per heavy atom. The van der Waals surface area contributed by atoms with Crippen LogP contribution < -0.4 is 14.8 Å². The lowest BCUT2D eigenvalue weighted by Crippen LogP contribution is -2.28. The van der Waals surface area contributed by atoms with Crippen molar-refractivity contribution in [1.29, 1.82) is 0 Å². The van der Waals surface area contributed by atoms with Crippen molar-refractivity contribution in [2.45, 2.75) is 33.4 Å². The minimum absolute atomic E-state index is 0.0747. The molecule has 4 rings (SSSR count). The summed E-state index contributed by atoms with van der Waals surface area (Å²) in [6.45, 7) is 5.98. The Morgan fingerprint density at radius 1 is 1.28 bits per heavy atom. The molecule has 0 amide bonds. The Hall–Kier alpha value is -2.91. The predicted molar refractivity (Wildman–Crippen MR) is 124 cm³/mol. The number of hydrogen-bond donors (Lipinski definition) is 1. The van der Waals surface area contributed by atoms with Crippen LogP contribution in [0.1, 0.15) is 37.9 Å². The van der Waals surface area contributed by atoms with Gasteiger partial charge in [-0.1, -0.05) is 34.9 Å². The average Bonchev–Trinajstić information content (AvgIpc) is 3.21. The molecular formula is C22H21BrClN5O3. The highest BCUT2D eigenvalue weighted by atomic mass is 79.9. The Labute approximate surface area is 198 Å². The molecular weight excluding hydrogens is 498 g/mol. The monoisotopic (exact) mass is 517 g/mol. The molecule has 0 saturated carbocycles. The Bertz CT molecular complexity index is 1210. The van der Waals surface area contributed by atoms with Gasteiger partial charge in [-0.05, 0) is 70.9 Å². The number of aromatic nitrogens is 4. The SMILES string of the molecule is CCOc1cc(C2C(C(C)=O)=C(C)Nc3nnnn32)cc(Br)c1OCc1ccccc1Cl. The maximum absolute atomic E-state index is 12.5. The fourth-order valence-corrected chi connectivity index (χ4v) is 4.46. The number of halogens is 2. The zero-order chi connectivity index (χ0) is 22.8. The van der Waals surface area contributed by atoms with Gasteiger partial charge in [-0.2, -0.15) is 4.68 Å². The molecule has 166 valence electrons. The highest BCUT2D eigenvalue weighted by Crippen LogP contribution is 2.43. The Kier molecular flexibility index (Phi) is 6.48. The van der Waals surface area contributed by atoms with E-state index < -0.39 is 6.04 Å². The van der Waals surface area contributed by atoms with Crippen LogP contribution in [0.3, 0.4) is 0 Å². The molecule has 3 aromatic rings. The van der Waals surface area contributed by atoms with Crippen molar-refractivity contribution < 1.29 is 14.3 Å². The van der Waals surface area contributed by atoms with Crippen molar-refractivity contribution in [3.05, 3.63) is 68.3 Å². The van der Waals surface area contributed by atoms with Crippen LogP contribution in [0.4, 0.5) is 5.95 Å². The first-order valence-corrected chi connectivity index (χ1v) is 11.2. The van der Waals surface area contributed by atoms with Crippen LogP contribution in [0.5, 0.6) is 11.5 Å². The number of ether oxygens (including phenoxy) is 2. The topological polar surface area (TPSA) is 91.2 Å². The van der Waals surface area contributed by atoms with Gasteiger partial charge in [0.15, 0.2) is 17.3 Å². The molecule has 2 heterocycles. The number of hydrogen-bond acceptors (Lipinski definition) is 7. The van der Waals surface area contributed by atoms with Crippen LogP contribution in [0.15, 0.2) is 52.1 Å². The molecule has 8 nitrogen and oxygen atoms in total. The predicted octanol–water partition coefficient (Wildman–Crippen LogP) is 4.94. The third kappa shape index (κ3) is 4.22. The number of tetrazole rings is 1. The van der Waals surface area contributed by atoms with E-state index in [1.54, 1.807) is 4.68 Å². The lowest BCUT2D eigenvalue weighted by atomic mass is 9.93. The number of allylic oxidation sites excluding steroid dienone is 2. The standard InChI is InChI=1S/C22H21BrClN5O3/c1-4-31-18-10-15(9-16(23)21(18)32-11-14-7-5-6-8-17(14)24)20-19(13(3)30)12(2)25-22-26-27-28-29(20)22/h5-10,20H,4,11H2,1-3H3,(H,25,26,28). The molecule has 0 fully saturated rings. The molecule has 1 unspecified atom stereocenters. The summed E-state index contributed by atoms with van der Waals surface area (Å²) in [4.78, 5) is 12.5. The van der Waals surface area contributed by atoms with Crippen LogP contribution >= 0.6 is 27.5 Å². The fourth-order valence-electron chi connectivity index (χ4n) is 3.69. The summed E-state index contributed by atoms with van der Waals surface area (Å²) in [5.41, 5.74) is 2.92. The van der Waals surface area contributed by atoms with E-state index in [2.05, 4.69) is 36.8 Å². The number of ketones is 1. The first kappa shape index (κ1) is 22.3. The number of nitrogens with zero attached hydrogens (tertiary/aromatic N) is 4. The van der Waals surface area contributed by atoms with Gasteiger partial charge >= 0.3 is 0 Å². The van der Waals surface area contributed by atoms with E-state index in [-0.39, 0.29) is 12.4 Å². The second-order valence-electron chi connectivity index (χ2n) is 7.21. The zero-order valence-electron chi connectivity index (χ0n) is 17.7. The molecule has 0 saturated heterocycles. The fraction of sp³-hybridized carbons (Fsp3) is 0.273. The van der Waals surface area contributed by atoms with E-state index in [4.69, 9.17) is 21.1 Å². The average molecular weight is 519 g/mol. The van der Waals surface area contributed by atoms with E-state index in [0.717, 1.165) is 11.1 Å². The number of rotatable bonds is 7. The lowest BCUT2D eigenvalue weighted by molar-refractivity contribution is -0.114. The third-order valence-corrected chi connectivity index (χ3v) is 6.03. The van der Waals surface area contributed by atoms with E-state index in [9.17, 15) is 4.79 Å². The molecule has 0 radical (unpaired) electrons. The molecule has 1 atom stereocenters. The van der Waals surface area contributed by atoms with Gasteiger partial charge in [0.05, 0.1) is 11.1 Å². The summed E-state index contributed by atoms with van der Waals surface area (Å²) >= 11 is 9.88. The normalized spacial score (nSPS) is 15.2. The van der Waals surface area contributed by atoms with Crippen molar-refractivity contribution in [3.63, 3.8) is 0 Å². The van der Waals surface area contributed by atoms with Gasteiger partial charge in [0, 0.05) is 21.9 Å². The summed E-state index contributed by atoms with van der Waals surface area (Å²) < 4.78 is 14.2. The molecule has 1 aromatic heterocycles. The number of carbonyl (C=O) groups excluding carboxylic acids is 1.